The molecule has 0 aliphatic rings. The fourth-order valence-electron chi connectivity index (χ4n) is 1.69. The standard InChI is InChI=1S/C15H23FN2O/c1-12(2)6-9-18-15(19)11-17-8-7-13-4-3-5-14(16)10-13/h3-5,10,12,17H,6-9,11H2,1-2H3,(H,18,19). The van der Waals surface area contributed by atoms with Crippen LogP contribution in [-0.2, 0) is 11.2 Å². The molecule has 0 unspecified atom stereocenters. The molecule has 0 aliphatic carbocycles. The molecule has 0 atom stereocenters. The van der Waals surface area contributed by atoms with Crippen LogP contribution < -0.4 is 10.6 Å². The van der Waals surface area contributed by atoms with E-state index >= 15 is 0 Å². The van der Waals surface area contributed by atoms with Gasteiger partial charge in [0.25, 0.3) is 0 Å². The predicted molar refractivity (Wildman–Crippen MR) is 75.4 cm³/mol. The Balaban J connectivity index is 2.08. The van der Waals surface area contributed by atoms with E-state index in [0.29, 0.717) is 19.0 Å². The monoisotopic (exact) mass is 266 g/mol. The van der Waals surface area contributed by atoms with Gasteiger partial charge in [0.2, 0.25) is 5.91 Å². The number of hydrogen-bond donors (Lipinski definition) is 2. The highest BCUT2D eigenvalue weighted by atomic mass is 19.1. The van der Waals surface area contributed by atoms with E-state index in [9.17, 15) is 9.18 Å². The van der Waals surface area contributed by atoms with E-state index in [1.807, 2.05) is 6.07 Å². The molecule has 0 spiro atoms. The molecule has 3 nitrogen and oxygen atoms in total. The zero-order chi connectivity index (χ0) is 14.1. The molecule has 0 radical (unpaired) electrons. The van der Waals surface area contributed by atoms with Crippen molar-refractivity contribution in [2.24, 2.45) is 5.92 Å². The van der Waals surface area contributed by atoms with Crippen molar-refractivity contribution in [2.75, 3.05) is 19.6 Å². The Kier molecular flexibility index (Phi) is 7.11. The van der Waals surface area contributed by atoms with Gasteiger partial charge in [-0.15, -0.1) is 0 Å². The van der Waals surface area contributed by atoms with Crippen LogP contribution in [0, 0.1) is 11.7 Å². The largest absolute Gasteiger partial charge is 0.355 e. The Hall–Kier alpha value is -1.42. The van der Waals surface area contributed by atoms with Gasteiger partial charge in [-0.05, 0) is 43.0 Å². The summed E-state index contributed by atoms with van der Waals surface area (Å²) in [6, 6.07) is 6.53. The SMILES string of the molecule is CC(C)CCNC(=O)CNCCc1cccc(F)c1. The quantitative estimate of drug-likeness (QED) is 0.708. The van der Waals surface area contributed by atoms with E-state index < -0.39 is 0 Å². The van der Waals surface area contributed by atoms with Crippen molar-refractivity contribution in [2.45, 2.75) is 26.7 Å². The van der Waals surface area contributed by atoms with Crippen molar-refractivity contribution in [1.29, 1.82) is 0 Å². The van der Waals surface area contributed by atoms with Gasteiger partial charge in [-0.1, -0.05) is 26.0 Å². The van der Waals surface area contributed by atoms with Crippen LogP contribution in [0.2, 0.25) is 0 Å². The second-order valence-electron chi connectivity index (χ2n) is 5.09. The average Bonchev–Trinajstić information content (AvgIpc) is 2.34. The lowest BCUT2D eigenvalue weighted by atomic mass is 10.1. The van der Waals surface area contributed by atoms with Crippen LogP contribution in [0.3, 0.4) is 0 Å². The first-order valence-electron chi connectivity index (χ1n) is 6.80. The third-order valence-corrected chi connectivity index (χ3v) is 2.81. The highest BCUT2D eigenvalue weighted by molar-refractivity contribution is 5.77. The second-order valence-corrected chi connectivity index (χ2v) is 5.09. The van der Waals surface area contributed by atoms with Crippen LogP contribution >= 0.6 is 0 Å². The van der Waals surface area contributed by atoms with Gasteiger partial charge < -0.3 is 10.6 Å². The normalized spacial score (nSPS) is 10.7. The van der Waals surface area contributed by atoms with E-state index in [1.165, 1.54) is 12.1 Å². The van der Waals surface area contributed by atoms with Crippen LogP contribution in [0.5, 0.6) is 0 Å². The summed E-state index contributed by atoms with van der Waals surface area (Å²) < 4.78 is 12.9. The molecule has 0 saturated carbocycles. The predicted octanol–water partition coefficient (Wildman–Crippen LogP) is 2.12. The lowest BCUT2D eigenvalue weighted by Gasteiger charge is -2.08. The van der Waals surface area contributed by atoms with Crippen LogP contribution in [0.25, 0.3) is 0 Å². The van der Waals surface area contributed by atoms with Crippen molar-refractivity contribution in [3.05, 3.63) is 35.6 Å². The minimum atomic E-state index is -0.219. The first-order valence-corrected chi connectivity index (χ1v) is 6.80. The van der Waals surface area contributed by atoms with Gasteiger partial charge in [-0.3, -0.25) is 4.79 Å². The number of hydrogen-bond acceptors (Lipinski definition) is 2. The number of benzene rings is 1. The summed E-state index contributed by atoms with van der Waals surface area (Å²) in [5.74, 6) is 0.394. The van der Waals surface area contributed by atoms with Gasteiger partial charge in [0.1, 0.15) is 5.82 Å². The molecule has 1 amide bonds. The van der Waals surface area contributed by atoms with Gasteiger partial charge in [0, 0.05) is 6.54 Å². The molecule has 0 saturated heterocycles. The first kappa shape index (κ1) is 15.6. The van der Waals surface area contributed by atoms with E-state index in [1.54, 1.807) is 6.07 Å². The zero-order valence-corrected chi connectivity index (χ0v) is 11.7. The van der Waals surface area contributed by atoms with Crippen LogP contribution in [-0.4, -0.2) is 25.5 Å². The van der Waals surface area contributed by atoms with Crippen LogP contribution in [0.4, 0.5) is 4.39 Å². The molecule has 2 N–H and O–H groups in total. The highest BCUT2D eigenvalue weighted by Crippen LogP contribution is 2.03. The van der Waals surface area contributed by atoms with Crippen molar-refractivity contribution in [1.82, 2.24) is 10.6 Å². The molecule has 0 aliphatic heterocycles. The average molecular weight is 266 g/mol. The summed E-state index contributed by atoms with van der Waals surface area (Å²) in [7, 11) is 0. The molecular weight excluding hydrogens is 243 g/mol. The first-order chi connectivity index (χ1) is 9.08. The van der Waals surface area contributed by atoms with Crippen molar-refractivity contribution in [3.63, 3.8) is 0 Å². The molecule has 1 aromatic carbocycles. The minimum absolute atomic E-state index is 0.0138. The summed E-state index contributed by atoms with van der Waals surface area (Å²) in [6.07, 6.45) is 1.71. The Morgan fingerprint density at radius 2 is 2.11 bits per heavy atom. The Labute approximate surface area is 114 Å². The summed E-state index contributed by atoms with van der Waals surface area (Å²) >= 11 is 0. The lowest BCUT2D eigenvalue weighted by Crippen LogP contribution is -2.35. The van der Waals surface area contributed by atoms with Gasteiger partial charge in [0.15, 0.2) is 0 Å². The van der Waals surface area contributed by atoms with Crippen molar-refractivity contribution >= 4 is 5.91 Å². The highest BCUT2D eigenvalue weighted by Gasteiger charge is 2.01. The van der Waals surface area contributed by atoms with E-state index in [0.717, 1.165) is 24.9 Å². The maximum Gasteiger partial charge on any atom is 0.233 e. The molecule has 0 heterocycles. The maximum absolute atomic E-state index is 12.9. The third kappa shape index (κ3) is 7.57. The second kappa shape index (κ2) is 8.64. The van der Waals surface area contributed by atoms with Crippen LogP contribution in [0.1, 0.15) is 25.8 Å². The maximum atomic E-state index is 12.9. The number of rotatable bonds is 8. The van der Waals surface area contributed by atoms with Gasteiger partial charge in [-0.25, -0.2) is 4.39 Å². The Morgan fingerprint density at radius 3 is 2.79 bits per heavy atom. The number of carbonyl (C=O) groups is 1. The number of carbonyl (C=O) groups excluding carboxylic acids is 1. The lowest BCUT2D eigenvalue weighted by molar-refractivity contribution is -0.120. The van der Waals surface area contributed by atoms with Gasteiger partial charge in [-0.2, -0.15) is 0 Å². The molecule has 1 rings (SSSR count). The zero-order valence-electron chi connectivity index (χ0n) is 11.7. The molecule has 106 valence electrons. The van der Waals surface area contributed by atoms with Crippen LogP contribution in [0.15, 0.2) is 24.3 Å². The molecule has 4 heteroatoms. The third-order valence-electron chi connectivity index (χ3n) is 2.81. The molecule has 19 heavy (non-hydrogen) atoms. The van der Waals surface area contributed by atoms with Gasteiger partial charge in [0.05, 0.1) is 6.54 Å². The molecular formula is C15H23FN2O. The smallest absolute Gasteiger partial charge is 0.233 e. The summed E-state index contributed by atoms with van der Waals surface area (Å²) in [6.45, 7) is 5.96. The topological polar surface area (TPSA) is 41.1 Å². The number of nitrogens with one attached hydrogen (secondary N) is 2. The molecule has 0 bridgehead atoms. The number of amides is 1. The van der Waals surface area contributed by atoms with Gasteiger partial charge >= 0.3 is 0 Å². The fraction of sp³-hybridized carbons (Fsp3) is 0.533. The minimum Gasteiger partial charge on any atom is -0.355 e. The summed E-state index contributed by atoms with van der Waals surface area (Å²) in [5, 5.41) is 5.92. The molecule has 0 aromatic heterocycles. The summed E-state index contributed by atoms with van der Waals surface area (Å²) in [5.41, 5.74) is 0.938. The Morgan fingerprint density at radius 1 is 1.32 bits per heavy atom. The van der Waals surface area contributed by atoms with Crippen molar-refractivity contribution in [3.8, 4) is 0 Å². The van der Waals surface area contributed by atoms with E-state index in [-0.39, 0.29) is 11.7 Å². The van der Waals surface area contributed by atoms with E-state index in [2.05, 4.69) is 24.5 Å². The molecule has 1 aromatic rings. The van der Waals surface area contributed by atoms with E-state index in [4.69, 9.17) is 0 Å². The molecule has 0 fully saturated rings. The number of halogens is 1. The summed E-state index contributed by atoms with van der Waals surface area (Å²) in [4.78, 5) is 11.5. The fourth-order valence-corrected chi connectivity index (χ4v) is 1.69. The Bertz CT molecular complexity index is 393. The van der Waals surface area contributed by atoms with Crippen molar-refractivity contribution < 1.29 is 9.18 Å².